The number of rotatable bonds is 5. The van der Waals surface area contributed by atoms with Gasteiger partial charge in [0.2, 0.25) is 0 Å². The standard InChI is InChI=1S/C14H21FN2O2S/c1-10(8-11-4-3-7-16-11)17-14-9-12(20(2,18)19)5-6-13(14)15/h5-6,9-11,16-17H,3-4,7-8H2,1-2H3. The summed E-state index contributed by atoms with van der Waals surface area (Å²) in [6, 6.07) is 4.38. The molecule has 0 aliphatic carbocycles. The van der Waals surface area contributed by atoms with E-state index in [1.54, 1.807) is 0 Å². The van der Waals surface area contributed by atoms with Gasteiger partial charge in [0.25, 0.3) is 0 Å². The predicted octanol–water partition coefficient (Wildman–Crippen LogP) is 2.17. The molecule has 0 radical (unpaired) electrons. The normalized spacial score (nSPS) is 20.9. The zero-order valence-electron chi connectivity index (χ0n) is 11.8. The second-order valence-electron chi connectivity index (χ2n) is 5.49. The van der Waals surface area contributed by atoms with Gasteiger partial charge >= 0.3 is 0 Å². The Balaban J connectivity index is 2.07. The zero-order chi connectivity index (χ0) is 14.8. The van der Waals surface area contributed by atoms with Crippen LogP contribution in [0, 0.1) is 5.82 Å². The van der Waals surface area contributed by atoms with E-state index in [-0.39, 0.29) is 16.6 Å². The lowest BCUT2D eigenvalue weighted by Crippen LogP contribution is -2.29. The highest BCUT2D eigenvalue weighted by Gasteiger charge is 2.18. The Hall–Kier alpha value is -1.14. The number of benzene rings is 1. The van der Waals surface area contributed by atoms with Gasteiger partial charge in [-0.25, -0.2) is 12.8 Å². The molecule has 2 N–H and O–H groups in total. The first-order valence-electron chi connectivity index (χ1n) is 6.86. The SMILES string of the molecule is CC(CC1CCCN1)Nc1cc(S(C)(=O)=O)ccc1F. The smallest absolute Gasteiger partial charge is 0.175 e. The van der Waals surface area contributed by atoms with Gasteiger partial charge in [-0.3, -0.25) is 0 Å². The van der Waals surface area contributed by atoms with Gasteiger partial charge in [0.1, 0.15) is 5.82 Å². The van der Waals surface area contributed by atoms with E-state index < -0.39 is 15.7 Å². The molecular formula is C14H21FN2O2S. The lowest BCUT2D eigenvalue weighted by Gasteiger charge is -2.20. The third kappa shape index (κ3) is 3.93. The zero-order valence-corrected chi connectivity index (χ0v) is 12.6. The monoisotopic (exact) mass is 300 g/mol. The molecule has 1 aromatic carbocycles. The van der Waals surface area contributed by atoms with Crippen molar-refractivity contribution in [3.63, 3.8) is 0 Å². The first-order valence-corrected chi connectivity index (χ1v) is 8.75. The Kier molecular flexibility index (Phi) is 4.65. The van der Waals surface area contributed by atoms with Crippen molar-refractivity contribution in [2.75, 3.05) is 18.1 Å². The van der Waals surface area contributed by atoms with E-state index in [0.29, 0.717) is 6.04 Å². The van der Waals surface area contributed by atoms with Gasteiger partial charge in [0.05, 0.1) is 10.6 Å². The Morgan fingerprint density at radius 1 is 1.50 bits per heavy atom. The molecule has 0 amide bonds. The van der Waals surface area contributed by atoms with Crippen molar-refractivity contribution in [1.82, 2.24) is 5.32 Å². The van der Waals surface area contributed by atoms with Crippen molar-refractivity contribution in [2.45, 2.75) is 43.2 Å². The quantitative estimate of drug-likeness (QED) is 0.818. The molecule has 1 saturated heterocycles. The van der Waals surface area contributed by atoms with Gasteiger partial charge in [-0.05, 0) is 50.9 Å². The maximum Gasteiger partial charge on any atom is 0.175 e. The summed E-state index contributed by atoms with van der Waals surface area (Å²) in [5.41, 5.74) is 0.249. The van der Waals surface area contributed by atoms with Crippen LogP contribution >= 0.6 is 0 Å². The average molecular weight is 300 g/mol. The molecule has 1 aromatic rings. The molecule has 2 unspecified atom stereocenters. The molecule has 0 bridgehead atoms. The Labute approximate surface area is 119 Å². The van der Waals surface area contributed by atoms with Gasteiger partial charge in [-0.2, -0.15) is 0 Å². The Morgan fingerprint density at radius 2 is 2.25 bits per heavy atom. The molecule has 6 heteroatoms. The molecule has 0 aromatic heterocycles. The van der Waals surface area contributed by atoms with Gasteiger partial charge in [-0.1, -0.05) is 0 Å². The maximum absolute atomic E-state index is 13.8. The van der Waals surface area contributed by atoms with Crippen LogP contribution in [0.3, 0.4) is 0 Å². The van der Waals surface area contributed by atoms with Gasteiger partial charge in [-0.15, -0.1) is 0 Å². The highest BCUT2D eigenvalue weighted by Crippen LogP contribution is 2.22. The minimum Gasteiger partial charge on any atom is -0.380 e. The number of nitrogens with one attached hydrogen (secondary N) is 2. The number of anilines is 1. The molecule has 2 atom stereocenters. The van der Waals surface area contributed by atoms with Crippen molar-refractivity contribution in [1.29, 1.82) is 0 Å². The van der Waals surface area contributed by atoms with Crippen LogP contribution in [-0.4, -0.2) is 33.3 Å². The lowest BCUT2D eigenvalue weighted by molar-refractivity contribution is 0.520. The molecule has 0 saturated carbocycles. The first kappa shape index (κ1) is 15.3. The molecule has 4 nitrogen and oxygen atoms in total. The van der Waals surface area contributed by atoms with Crippen molar-refractivity contribution >= 4 is 15.5 Å². The summed E-state index contributed by atoms with van der Waals surface area (Å²) in [5, 5.41) is 6.46. The summed E-state index contributed by atoms with van der Waals surface area (Å²) in [7, 11) is -3.32. The minimum absolute atomic E-state index is 0.0786. The fourth-order valence-electron chi connectivity index (χ4n) is 2.55. The second kappa shape index (κ2) is 6.10. The fourth-order valence-corrected chi connectivity index (χ4v) is 3.20. The molecule has 112 valence electrons. The maximum atomic E-state index is 13.8. The molecule has 2 rings (SSSR count). The van der Waals surface area contributed by atoms with Crippen LogP contribution in [0.4, 0.5) is 10.1 Å². The van der Waals surface area contributed by atoms with Crippen molar-refractivity contribution < 1.29 is 12.8 Å². The van der Waals surface area contributed by atoms with Crippen molar-refractivity contribution in [2.24, 2.45) is 0 Å². The number of halogens is 1. The Bertz CT molecular complexity index is 569. The largest absolute Gasteiger partial charge is 0.380 e. The van der Waals surface area contributed by atoms with Crippen molar-refractivity contribution in [3.8, 4) is 0 Å². The van der Waals surface area contributed by atoms with Crippen LogP contribution in [0.5, 0.6) is 0 Å². The highest BCUT2D eigenvalue weighted by atomic mass is 32.2. The third-order valence-corrected chi connectivity index (χ3v) is 4.68. The molecule has 20 heavy (non-hydrogen) atoms. The topological polar surface area (TPSA) is 58.2 Å². The van der Waals surface area contributed by atoms with Gasteiger partial charge in [0, 0.05) is 18.3 Å². The van der Waals surface area contributed by atoms with E-state index in [0.717, 1.165) is 25.6 Å². The lowest BCUT2D eigenvalue weighted by atomic mass is 10.1. The average Bonchev–Trinajstić information content (AvgIpc) is 2.83. The van der Waals surface area contributed by atoms with E-state index in [1.807, 2.05) is 6.92 Å². The van der Waals surface area contributed by atoms with E-state index in [1.165, 1.54) is 24.6 Å². The molecular weight excluding hydrogens is 279 g/mol. The minimum atomic E-state index is -3.32. The summed E-state index contributed by atoms with van der Waals surface area (Å²) in [5.74, 6) is -0.427. The summed E-state index contributed by atoms with van der Waals surface area (Å²) in [6.07, 6.45) is 4.33. The predicted molar refractivity (Wildman–Crippen MR) is 78.2 cm³/mol. The van der Waals surface area contributed by atoms with Crippen LogP contribution in [0.2, 0.25) is 0 Å². The second-order valence-corrected chi connectivity index (χ2v) is 7.50. The van der Waals surface area contributed by atoms with Crippen LogP contribution in [0.25, 0.3) is 0 Å². The van der Waals surface area contributed by atoms with E-state index in [9.17, 15) is 12.8 Å². The van der Waals surface area contributed by atoms with Crippen LogP contribution in [0.15, 0.2) is 23.1 Å². The third-order valence-electron chi connectivity index (χ3n) is 3.57. The van der Waals surface area contributed by atoms with Crippen LogP contribution in [0.1, 0.15) is 26.2 Å². The fraction of sp³-hybridized carbons (Fsp3) is 0.571. The van der Waals surface area contributed by atoms with Crippen LogP contribution < -0.4 is 10.6 Å². The molecule has 1 fully saturated rings. The Morgan fingerprint density at radius 3 is 2.85 bits per heavy atom. The van der Waals surface area contributed by atoms with E-state index in [4.69, 9.17) is 0 Å². The molecule has 1 heterocycles. The summed E-state index contributed by atoms with van der Waals surface area (Å²) in [6.45, 7) is 3.02. The van der Waals surface area contributed by atoms with Gasteiger partial charge in [0.15, 0.2) is 9.84 Å². The first-order chi connectivity index (χ1) is 9.36. The molecule has 1 aliphatic rings. The van der Waals surface area contributed by atoms with E-state index >= 15 is 0 Å². The molecule has 1 aliphatic heterocycles. The summed E-state index contributed by atoms with van der Waals surface area (Å²) >= 11 is 0. The van der Waals surface area contributed by atoms with E-state index in [2.05, 4.69) is 10.6 Å². The van der Waals surface area contributed by atoms with Crippen LogP contribution in [-0.2, 0) is 9.84 Å². The summed E-state index contributed by atoms with van der Waals surface area (Å²) in [4.78, 5) is 0.132. The number of hydrogen-bond acceptors (Lipinski definition) is 4. The molecule has 0 spiro atoms. The highest BCUT2D eigenvalue weighted by molar-refractivity contribution is 7.90. The van der Waals surface area contributed by atoms with Crippen molar-refractivity contribution in [3.05, 3.63) is 24.0 Å². The summed E-state index contributed by atoms with van der Waals surface area (Å²) < 4.78 is 36.8. The number of sulfone groups is 1. The number of hydrogen-bond donors (Lipinski definition) is 2. The van der Waals surface area contributed by atoms with Gasteiger partial charge < -0.3 is 10.6 Å².